The van der Waals surface area contributed by atoms with Crippen molar-refractivity contribution in [1.29, 1.82) is 0 Å². The summed E-state index contributed by atoms with van der Waals surface area (Å²) in [6.45, 7) is 3.82. The molecule has 7 nitrogen and oxygen atoms in total. The van der Waals surface area contributed by atoms with Crippen LogP contribution in [-0.4, -0.2) is 48.7 Å². The van der Waals surface area contributed by atoms with Crippen molar-refractivity contribution in [1.82, 2.24) is 9.88 Å². The lowest BCUT2D eigenvalue weighted by molar-refractivity contribution is 0.0916. The Bertz CT molecular complexity index is 1140. The average molecular weight is 494 g/mol. The van der Waals surface area contributed by atoms with Gasteiger partial charge in [0.15, 0.2) is 0 Å². The van der Waals surface area contributed by atoms with Crippen LogP contribution in [0.25, 0.3) is 11.1 Å². The number of thiazole rings is 1. The van der Waals surface area contributed by atoms with Crippen LogP contribution in [0.1, 0.15) is 54.0 Å². The Morgan fingerprint density at radius 2 is 1.91 bits per heavy atom. The van der Waals surface area contributed by atoms with Gasteiger partial charge < -0.3 is 19.7 Å². The largest absolute Gasteiger partial charge is 0.497 e. The SMILES string of the molecule is CCCCOC(=O)N1CCC(c2nc(C(=O)Nc3cc(OC)ccc3-c3ccccc3)cs2)CC1. The van der Waals surface area contributed by atoms with Crippen LogP contribution in [0.15, 0.2) is 53.9 Å². The number of carbonyl (C=O) groups is 2. The summed E-state index contributed by atoms with van der Waals surface area (Å²) < 4.78 is 10.7. The Morgan fingerprint density at radius 1 is 1.14 bits per heavy atom. The van der Waals surface area contributed by atoms with E-state index in [1.54, 1.807) is 17.4 Å². The molecule has 1 aliphatic rings. The highest BCUT2D eigenvalue weighted by Gasteiger charge is 2.27. The number of methoxy groups -OCH3 is 1. The molecule has 2 aromatic carbocycles. The van der Waals surface area contributed by atoms with Crippen LogP contribution in [0.2, 0.25) is 0 Å². The molecule has 1 aromatic heterocycles. The van der Waals surface area contributed by atoms with Crippen LogP contribution in [-0.2, 0) is 4.74 Å². The molecule has 1 N–H and O–H groups in total. The summed E-state index contributed by atoms with van der Waals surface area (Å²) in [6.07, 6.45) is 3.27. The zero-order chi connectivity index (χ0) is 24.6. The first kappa shape index (κ1) is 24.7. The van der Waals surface area contributed by atoms with E-state index >= 15 is 0 Å². The molecule has 0 radical (unpaired) electrons. The highest BCUT2D eigenvalue weighted by atomic mass is 32.1. The molecule has 8 heteroatoms. The second kappa shape index (κ2) is 11.8. The number of nitrogens with zero attached hydrogens (tertiary/aromatic N) is 2. The highest BCUT2D eigenvalue weighted by Crippen LogP contribution is 2.33. The summed E-state index contributed by atoms with van der Waals surface area (Å²) in [4.78, 5) is 31.7. The van der Waals surface area contributed by atoms with Crippen molar-refractivity contribution in [2.45, 2.75) is 38.5 Å². The molecule has 1 saturated heterocycles. The second-order valence-corrected chi connectivity index (χ2v) is 9.42. The first-order chi connectivity index (χ1) is 17.1. The van der Waals surface area contributed by atoms with Crippen molar-refractivity contribution in [3.63, 3.8) is 0 Å². The second-order valence-electron chi connectivity index (χ2n) is 8.53. The molecule has 0 aliphatic carbocycles. The van der Waals surface area contributed by atoms with Gasteiger partial charge in [0, 0.05) is 36.0 Å². The van der Waals surface area contributed by atoms with Gasteiger partial charge in [-0.3, -0.25) is 4.79 Å². The zero-order valence-corrected chi connectivity index (χ0v) is 21.0. The predicted octanol–water partition coefficient (Wildman–Crippen LogP) is 6.19. The van der Waals surface area contributed by atoms with Gasteiger partial charge in [-0.15, -0.1) is 11.3 Å². The lowest BCUT2D eigenvalue weighted by atomic mass is 9.98. The van der Waals surface area contributed by atoms with Crippen LogP contribution in [0.3, 0.4) is 0 Å². The van der Waals surface area contributed by atoms with E-state index in [2.05, 4.69) is 17.2 Å². The van der Waals surface area contributed by atoms with Crippen molar-refractivity contribution in [3.05, 3.63) is 64.6 Å². The van der Waals surface area contributed by atoms with E-state index in [-0.39, 0.29) is 17.9 Å². The number of piperidine rings is 1. The van der Waals surface area contributed by atoms with Crippen LogP contribution >= 0.6 is 11.3 Å². The maximum atomic E-state index is 13.1. The topological polar surface area (TPSA) is 80.8 Å². The standard InChI is InChI=1S/C27H31N3O4S/c1-3-4-16-34-27(32)30-14-12-20(13-15-30)26-29-24(18-35-26)25(31)28-23-17-21(33-2)10-11-22(23)19-8-6-5-7-9-19/h5-11,17-18,20H,3-4,12-16H2,1-2H3,(H,28,31). The number of ether oxygens (including phenoxy) is 2. The Labute approximate surface area is 210 Å². The summed E-state index contributed by atoms with van der Waals surface area (Å²) in [5.41, 5.74) is 2.98. The third kappa shape index (κ3) is 6.19. The van der Waals surface area contributed by atoms with E-state index in [0.717, 1.165) is 41.8 Å². The maximum Gasteiger partial charge on any atom is 0.409 e. The van der Waals surface area contributed by atoms with Crippen molar-refractivity contribution in [3.8, 4) is 16.9 Å². The zero-order valence-electron chi connectivity index (χ0n) is 20.2. The van der Waals surface area contributed by atoms with Crippen LogP contribution in [0, 0.1) is 0 Å². The Kier molecular flexibility index (Phi) is 8.36. The fourth-order valence-corrected chi connectivity index (χ4v) is 5.06. The minimum Gasteiger partial charge on any atom is -0.497 e. The van der Waals surface area contributed by atoms with Gasteiger partial charge in [-0.25, -0.2) is 9.78 Å². The first-order valence-corrected chi connectivity index (χ1v) is 12.9. The molecule has 1 aliphatic heterocycles. The Balaban J connectivity index is 1.40. The molecule has 3 aromatic rings. The summed E-state index contributed by atoms with van der Waals surface area (Å²) >= 11 is 1.50. The number of hydrogen-bond acceptors (Lipinski definition) is 6. The van der Waals surface area contributed by atoms with Gasteiger partial charge in [0.05, 0.1) is 24.4 Å². The van der Waals surface area contributed by atoms with Crippen molar-refractivity contribution in [2.75, 3.05) is 32.1 Å². The molecule has 35 heavy (non-hydrogen) atoms. The Morgan fingerprint density at radius 3 is 2.63 bits per heavy atom. The molecular formula is C27H31N3O4S. The number of aromatic nitrogens is 1. The van der Waals surface area contributed by atoms with Crippen LogP contribution in [0.4, 0.5) is 10.5 Å². The first-order valence-electron chi connectivity index (χ1n) is 12.0. The maximum absolute atomic E-state index is 13.1. The molecule has 0 atom stereocenters. The van der Waals surface area contributed by atoms with Crippen molar-refractivity contribution < 1.29 is 19.1 Å². The molecule has 2 amide bonds. The number of nitrogens with one attached hydrogen (secondary N) is 1. The molecule has 4 rings (SSSR count). The Hall–Kier alpha value is -3.39. The van der Waals surface area contributed by atoms with Crippen LogP contribution in [0.5, 0.6) is 5.75 Å². The minimum absolute atomic E-state index is 0.233. The monoisotopic (exact) mass is 493 g/mol. The third-order valence-corrected chi connectivity index (χ3v) is 7.15. The summed E-state index contributed by atoms with van der Waals surface area (Å²) in [5, 5.41) is 5.76. The molecule has 0 saturated carbocycles. The van der Waals surface area contributed by atoms with Gasteiger partial charge in [-0.1, -0.05) is 43.7 Å². The van der Waals surface area contributed by atoms with Gasteiger partial charge in [0.25, 0.3) is 5.91 Å². The summed E-state index contributed by atoms with van der Waals surface area (Å²) in [5.74, 6) is 0.645. The van der Waals surface area contributed by atoms with E-state index in [4.69, 9.17) is 9.47 Å². The number of hydrogen-bond donors (Lipinski definition) is 1. The molecule has 1 fully saturated rings. The quantitative estimate of drug-likeness (QED) is 0.379. The smallest absolute Gasteiger partial charge is 0.409 e. The van der Waals surface area contributed by atoms with Gasteiger partial charge in [0.2, 0.25) is 0 Å². The molecule has 184 valence electrons. The van der Waals surface area contributed by atoms with E-state index in [9.17, 15) is 9.59 Å². The van der Waals surface area contributed by atoms with E-state index in [1.807, 2.05) is 48.5 Å². The fraction of sp³-hybridized carbons (Fsp3) is 0.370. The molecule has 0 bridgehead atoms. The van der Waals surface area contributed by atoms with Crippen molar-refractivity contribution in [2.24, 2.45) is 0 Å². The number of rotatable bonds is 8. The van der Waals surface area contributed by atoms with Crippen LogP contribution < -0.4 is 10.1 Å². The number of anilines is 1. The minimum atomic E-state index is -0.255. The van der Waals surface area contributed by atoms with Gasteiger partial charge in [-0.2, -0.15) is 0 Å². The summed E-state index contributed by atoms with van der Waals surface area (Å²) in [6, 6.07) is 15.5. The highest BCUT2D eigenvalue weighted by molar-refractivity contribution is 7.10. The van der Waals surface area contributed by atoms with Crippen molar-refractivity contribution >= 4 is 29.0 Å². The number of amides is 2. The van der Waals surface area contributed by atoms with E-state index in [0.29, 0.717) is 36.8 Å². The molecule has 2 heterocycles. The van der Waals surface area contributed by atoms with E-state index in [1.165, 1.54) is 11.3 Å². The predicted molar refractivity (Wildman–Crippen MR) is 138 cm³/mol. The normalized spacial score (nSPS) is 13.9. The fourth-order valence-electron chi connectivity index (χ4n) is 4.09. The van der Waals surface area contributed by atoms with Gasteiger partial charge in [0.1, 0.15) is 11.4 Å². The number of likely N-dealkylation sites (tertiary alicyclic amines) is 1. The molecule has 0 unspecified atom stereocenters. The number of unbranched alkanes of at least 4 members (excludes halogenated alkanes) is 1. The molecular weight excluding hydrogens is 462 g/mol. The summed E-state index contributed by atoms with van der Waals surface area (Å²) in [7, 11) is 1.60. The van der Waals surface area contributed by atoms with E-state index < -0.39 is 0 Å². The number of benzene rings is 2. The average Bonchev–Trinajstić information content (AvgIpc) is 3.40. The van der Waals surface area contributed by atoms with Gasteiger partial charge >= 0.3 is 6.09 Å². The van der Waals surface area contributed by atoms with Gasteiger partial charge in [-0.05, 0) is 37.0 Å². The lowest BCUT2D eigenvalue weighted by Gasteiger charge is -2.30. The lowest BCUT2D eigenvalue weighted by Crippen LogP contribution is -2.38. The number of carbonyl (C=O) groups excluding carboxylic acids is 2. The molecule has 0 spiro atoms. The third-order valence-electron chi connectivity index (χ3n) is 6.14.